The molecule has 1 saturated heterocycles. The maximum Gasteiger partial charge on any atom is 0.273 e. The van der Waals surface area contributed by atoms with E-state index in [1.54, 1.807) is 42.6 Å². The van der Waals surface area contributed by atoms with Crippen LogP contribution in [0.4, 0.5) is 4.39 Å². The van der Waals surface area contributed by atoms with Gasteiger partial charge in [0.2, 0.25) is 10.0 Å². The number of nitrogens with zero attached hydrogens (tertiary/aromatic N) is 2. The summed E-state index contributed by atoms with van der Waals surface area (Å²) in [6, 6.07) is 12.7. The molecule has 1 atom stereocenters. The molecule has 1 aromatic heterocycles. The normalized spacial score (nSPS) is 17.9. The Morgan fingerprint density at radius 3 is 2.37 bits per heavy atom. The lowest BCUT2D eigenvalue weighted by atomic mass is 10.1. The summed E-state index contributed by atoms with van der Waals surface area (Å²) in [6.45, 7) is 0.722. The van der Waals surface area contributed by atoms with E-state index in [2.05, 4.69) is 4.98 Å². The number of rotatable bonds is 5. The predicted molar refractivity (Wildman–Crippen MR) is 102 cm³/mol. The molecule has 1 fully saturated rings. The van der Waals surface area contributed by atoms with E-state index in [9.17, 15) is 12.8 Å². The van der Waals surface area contributed by atoms with E-state index in [4.69, 9.17) is 4.74 Å². The van der Waals surface area contributed by atoms with Gasteiger partial charge in [-0.1, -0.05) is 35.6 Å². The summed E-state index contributed by atoms with van der Waals surface area (Å²) in [5, 5.41) is 2.38. The minimum Gasteiger partial charge on any atom is -0.465 e. The van der Waals surface area contributed by atoms with Crippen molar-refractivity contribution in [3.8, 4) is 16.3 Å². The third kappa shape index (κ3) is 3.87. The fraction of sp³-hybridized carbons (Fsp3) is 0.211. The first kappa shape index (κ1) is 18.1. The monoisotopic (exact) mass is 404 g/mol. The highest BCUT2D eigenvalue weighted by molar-refractivity contribution is 7.89. The minimum atomic E-state index is -3.58. The van der Waals surface area contributed by atoms with E-state index in [1.807, 2.05) is 5.38 Å². The molecule has 3 aromatic rings. The molecule has 5 nitrogen and oxygen atoms in total. The van der Waals surface area contributed by atoms with Crippen LogP contribution in [0.15, 0.2) is 65.0 Å². The number of hydrogen-bond acceptors (Lipinski definition) is 5. The largest absolute Gasteiger partial charge is 0.465 e. The molecular weight excluding hydrogens is 387 g/mol. The van der Waals surface area contributed by atoms with Crippen molar-refractivity contribution >= 4 is 21.4 Å². The summed E-state index contributed by atoms with van der Waals surface area (Å²) in [7, 11) is -3.58. The molecule has 0 radical (unpaired) electrons. The molecular formula is C19H17FN2O3S2. The van der Waals surface area contributed by atoms with Gasteiger partial charge in [0.25, 0.3) is 5.19 Å². The highest BCUT2D eigenvalue weighted by atomic mass is 32.2. The molecule has 2 aromatic carbocycles. The second-order valence-corrected chi connectivity index (χ2v) is 9.02. The molecule has 2 heterocycles. The van der Waals surface area contributed by atoms with E-state index in [-0.39, 0.29) is 16.8 Å². The van der Waals surface area contributed by atoms with Gasteiger partial charge in [-0.25, -0.2) is 17.8 Å². The second kappa shape index (κ2) is 7.38. The van der Waals surface area contributed by atoms with Crippen molar-refractivity contribution in [3.05, 3.63) is 65.9 Å². The third-order valence-electron chi connectivity index (χ3n) is 4.45. The zero-order valence-corrected chi connectivity index (χ0v) is 15.9. The van der Waals surface area contributed by atoms with Gasteiger partial charge in [-0.2, -0.15) is 4.31 Å². The third-order valence-corrected chi connectivity index (χ3v) is 6.99. The predicted octanol–water partition coefficient (Wildman–Crippen LogP) is 3.79. The van der Waals surface area contributed by atoms with E-state index < -0.39 is 10.0 Å². The second-order valence-electron chi connectivity index (χ2n) is 6.22. The maximum absolute atomic E-state index is 13.0. The number of benzene rings is 2. The first-order valence-corrected chi connectivity index (χ1v) is 10.8. The minimum absolute atomic E-state index is 0.190. The van der Waals surface area contributed by atoms with Crippen LogP contribution in [-0.2, 0) is 10.0 Å². The highest BCUT2D eigenvalue weighted by Crippen LogP contribution is 2.27. The molecule has 0 aliphatic carbocycles. The molecule has 0 saturated carbocycles. The van der Waals surface area contributed by atoms with Gasteiger partial charge in [-0.15, -0.1) is 0 Å². The summed E-state index contributed by atoms with van der Waals surface area (Å²) in [6.07, 6.45) is 2.10. The van der Waals surface area contributed by atoms with Crippen molar-refractivity contribution in [2.75, 3.05) is 13.1 Å². The molecule has 1 aliphatic heterocycles. The first-order chi connectivity index (χ1) is 13.0. The van der Waals surface area contributed by atoms with Crippen LogP contribution in [0.2, 0.25) is 0 Å². The van der Waals surface area contributed by atoms with Crippen molar-refractivity contribution in [1.82, 2.24) is 9.29 Å². The van der Waals surface area contributed by atoms with Crippen molar-refractivity contribution in [2.24, 2.45) is 0 Å². The Morgan fingerprint density at radius 2 is 1.74 bits per heavy atom. The Bertz CT molecular complexity index is 1000. The Hall–Kier alpha value is -2.29. The fourth-order valence-electron chi connectivity index (χ4n) is 3.03. The van der Waals surface area contributed by atoms with Crippen molar-refractivity contribution in [3.63, 3.8) is 0 Å². The molecule has 0 bridgehead atoms. The van der Waals surface area contributed by atoms with E-state index in [0.29, 0.717) is 24.7 Å². The average molecular weight is 404 g/mol. The van der Waals surface area contributed by atoms with Crippen molar-refractivity contribution < 1.29 is 17.5 Å². The number of ether oxygens (including phenoxy) is 1. The SMILES string of the molecule is O=S(=O)(c1ccc(-c2ccc(F)cc2)cc1)N1CCC(Oc2nccs2)C1. The lowest BCUT2D eigenvalue weighted by Crippen LogP contribution is -2.31. The summed E-state index contributed by atoms with van der Waals surface area (Å²) >= 11 is 1.39. The van der Waals surface area contributed by atoms with E-state index >= 15 is 0 Å². The maximum atomic E-state index is 13.0. The number of sulfonamides is 1. The molecule has 4 rings (SSSR count). The Balaban J connectivity index is 1.48. The molecule has 1 unspecified atom stereocenters. The fourth-order valence-corrected chi connectivity index (χ4v) is 5.07. The quantitative estimate of drug-likeness (QED) is 0.649. The van der Waals surface area contributed by atoms with Crippen LogP contribution in [0.1, 0.15) is 6.42 Å². The Morgan fingerprint density at radius 1 is 1.07 bits per heavy atom. The van der Waals surface area contributed by atoms with Crippen LogP contribution in [0, 0.1) is 5.82 Å². The lowest BCUT2D eigenvalue weighted by Gasteiger charge is -2.17. The van der Waals surface area contributed by atoms with Gasteiger partial charge in [0, 0.05) is 18.1 Å². The van der Waals surface area contributed by atoms with Gasteiger partial charge in [0.1, 0.15) is 11.9 Å². The molecule has 1 aliphatic rings. The zero-order chi connectivity index (χ0) is 18.9. The number of hydrogen-bond donors (Lipinski definition) is 0. The smallest absolute Gasteiger partial charge is 0.273 e. The number of aromatic nitrogens is 1. The van der Waals surface area contributed by atoms with Gasteiger partial charge < -0.3 is 4.74 Å². The molecule has 27 heavy (non-hydrogen) atoms. The van der Waals surface area contributed by atoms with Crippen LogP contribution >= 0.6 is 11.3 Å². The number of halogens is 1. The van der Waals surface area contributed by atoms with Crippen LogP contribution in [0.3, 0.4) is 0 Å². The van der Waals surface area contributed by atoms with Crippen molar-refractivity contribution in [2.45, 2.75) is 17.4 Å². The lowest BCUT2D eigenvalue weighted by molar-refractivity contribution is 0.214. The molecule has 0 N–H and O–H groups in total. The first-order valence-electron chi connectivity index (χ1n) is 8.45. The molecule has 8 heteroatoms. The summed E-state index contributed by atoms with van der Waals surface area (Å²) < 4.78 is 46.0. The van der Waals surface area contributed by atoms with E-state index in [0.717, 1.165) is 11.1 Å². The van der Waals surface area contributed by atoms with Gasteiger partial charge in [0.05, 0.1) is 11.4 Å². The average Bonchev–Trinajstić information content (AvgIpc) is 3.35. The molecule has 140 valence electrons. The van der Waals surface area contributed by atoms with Crippen LogP contribution in [0.25, 0.3) is 11.1 Å². The zero-order valence-electron chi connectivity index (χ0n) is 14.3. The summed E-state index contributed by atoms with van der Waals surface area (Å²) in [5.41, 5.74) is 1.67. The Kier molecular flexibility index (Phi) is 4.94. The van der Waals surface area contributed by atoms with Gasteiger partial charge in [-0.05, 0) is 41.8 Å². The number of thiazole rings is 1. The van der Waals surface area contributed by atoms with Crippen LogP contribution in [0.5, 0.6) is 5.19 Å². The van der Waals surface area contributed by atoms with Gasteiger partial charge >= 0.3 is 0 Å². The summed E-state index contributed by atoms with van der Waals surface area (Å²) in [4.78, 5) is 4.31. The van der Waals surface area contributed by atoms with Gasteiger partial charge in [0.15, 0.2) is 0 Å². The highest BCUT2D eigenvalue weighted by Gasteiger charge is 2.33. The standard InChI is InChI=1S/C19H17FN2O3S2/c20-16-5-1-14(2-6-16)15-3-7-18(8-4-15)27(23,24)22-11-9-17(13-22)25-19-21-10-12-26-19/h1-8,10,12,17H,9,11,13H2. The van der Waals surface area contributed by atoms with Crippen LogP contribution in [-0.4, -0.2) is 36.9 Å². The van der Waals surface area contributed by atoms with E-state index in [1.165, 1.54) is 27.8 Å². The Labute approximate surface area is 161 Å². The summed E-state index contributed by atoms with van der Waals surface area (Å²) in [5.74, 6) is -0.304. The topological polar surface area (TPSA) is 59.5 Å². The van der Waals surface area contributed by atoms with Crippen molar-refractivity contribution in [1.29, 1.82) is 0 Å². The van der Waals surface area contributed by atoms with Crippen LogP contribution < -0.4 is 4.74 Å². The molecule has 0 amide bonds. The van der Waals surface area contributed by atoms with Gasteiger partial charge in [-0.3, -0.25) is 0 Å². The molecule has 0 spiro atoms.